The van der Waals surface area contributed by atoms with Gasteiger partial charge in [-0.3, -0.25) is 14.3 Å². The molecule has 2 aromatic heterocycles. The van der Waals surface area contributed by atoms with E-state index in [0.29, 0.717) is 24.5 Å². The third-order valence-electron chi connectivity index (χ3n) is 4.59. The molecule has 2 N–H and O–H groups in total. The van der Waals surface area contributed by atoms with Gasteiger partial charge < -0.3 is 15.5 Å². The van der Waals surface area contributed by atoms with E-state index in [4.69, 9.17) is 5.26 Å². The molecule has 1 aliphatic heterocycles. The van der Waals surface area contributed by atoms with Crippen LogP contribution in [-0.2, 0) is 11.8 Å². The molecule has 1 aliphatic carbocycles. The van der Waals surface area contributed by atoms with Crippen LogP contribution in [0.1, 0.15) is 36.2 Å². The summed E-state index contributed by atoms with van der Waals surface area (Å²) in [7, 11) is 1.42. The maximum absolute atomic E-state index is 12.3. The van der Waals surface area contributed by atoms with Crippen LogP contribution in [0, 0.1) is 17.2 Å². The van der Waals surface area contributed by atoms with Crippen LogP contribution in [-0.4, -0.2) is 45.8 Å². The lowest BCUT2D eigenvalue weighted by Crippen LogP contribution is -2.34. The lowest BCUT2D eigenvalue weighted by Gasteiger charge is -2.16. The van der Waals surface area contributed by atoms with E-state index in [1.807, 2.05) is 6.07 Å². The van der Waals surface area contributed by atoms with E-state index in [1.54, 1.807) is 17.4 Å². The highest BCUT2D eigenvalue weighted by Gasteiger charge is 2.32. The molecule has 2 fully saturated rings. The van der Waals surface area contributed by atoms with Crippen LogP contribution in [0.5, 0.6) is 0 Å². The van der Waals surface area contributed by atoms with Gasteiger partial charge in [0.25, 0.3) is 5.91 Å². The monoisotopic (exact) mass is 449 g/mol. The van der Waals surface area contributed by atoms with Gasteiger partial charge in [-0.1, -0.05) is 19.3 Å². The predicted molar refractivity (Wildman–Crippen MR) is 109 cm³/mol. The van der Waals surface area contributed by atoms with Crippen LogP contribution >= 0.6 is 0 Å². The summed E-state index contributed by atoms with van der Waals surface area (Å²) >= 11 is 0. The van der Waals surface area contributed by atoms with Crippen LogP contribution in [0.25, 0.3) is 0 Å². The molecule has 1 unspecified atom stereocenters. The summed E-state index contributed by atoms with van der Waals surface area (Å²) in [5, 5.41) is 17.6. The molecule has 4 rings (SSSR count). The van der Waals surface area contributed by atoms with Crippen molar-refractivity contribution in [1.29, 1.82) is 5.26 Å². The molecule has 32 heavy (non-hydrogen) atoms. The quantitative estimate of drug-likeness (QED) is 0.725. The Labute approximate surface area is 182 Å². The van der Waals surface area contributed by atoms with Gasteiger partial charge in [0, 0.05) is 37.6 Å². The molecule has 2 aliphatic rings. The van der Waals surface area contributed by atoms with Crippen molar-refractivity contribution in [2.24, 2.45) is 13.0 Å². The molecule has 0 spiro atoms. The molecule has 1 saturated carbocycles. The minimum Gasteiger partial charge on any atom is -0.342 e. The van der Waals surface area contributed by atoms with Gasteiger partial charge in [0.05, 0.1) is 6.07 Å². The van der Waals surface area contributed by atoms with Crippen LogP contribution in [0.15, 0.2) is 24.4 Å². The molecule has 2 amide bonds. The number of hydrogen-bond donors (Lipinski definition) is 2. The first-order valence-electron chi connectivity index (χ1n) is 10.0. The van der Waals surface area contributed by atoms with Crippen LogP contribution in [0.3, 0.4) is 0 Å². The number of amides is 2. The standard InChI is InChI=1S/C17H16F3N7O2.C3H6/c1-26-12(15(28)23-9-17(18,19)20)7-14(25-26)24-13-6-11(2-4-22-13)27-5-3-10(8-21)16(27)29;1-2-3-1/h2,4,6-7,10H,3,5,9H2,1H3,(H,23,28)(H,22,24,25);1-3H2. The number of nitriles is 1. The molecule has 1 saturated heterocycles. The smallest absolute Gasteiger partial charge is 0.342 e. The fourth-order valence-electron chi connectivity index (χ4n) is 2.85. The zero-order valence-electron chi connectivity index (χ0n) is 17.3. The van der Waals surface area contributed by atoms with Gasteiger partial charge in [-0.25, -0.2) is 4.98 Å². The maximum Gasteiger partial charge on any atom is 0.405 e. The van der Waals surface area contributed by atoms with E-state index in [-0.39, 0.29) is 17.4 Å². The molecule has 9 nitrogen and oxygen atoms in total. The summed E-state index contributed by atoms with van der Waals surface area (Å²) in [5.74, 6) is -1.37. The van der Waals surface area contributed by atoms with Gasteiger partial charge in [-0.05, 0) is 12.5 Å². The Morgan fingerprint density at radius 2 is 2.00 bits per heavy atom. The topological polar surface area (TPSA) is 116 Å². The Morgan fingerprint density at radius 3 is 2.59 bits per heavy atom. The van der Waals surface area contributed by atoms with Crippen molar-refractivity contribution in [3.8, 4) is 6.07 Å². The van der Waals surface area contributed by atoms with Gasteiger partial charge >= 0.3 is 6.18 Å². The number of nitrogens with zero attached hydrogens (tertiary/aromatic N) is 5. The minimum absolute atomic E-state index is 0.0699. The largest absolute Gasteiger partial charge is 0.405 e. The van der Waals surface area contributed by atoms with Crippen LogP contribution in [0.2, 0.25) is 0 Å². The summed E-state index contributed by atoms with van der Waals surface area (Å²) in [4.78, 5) is 29.7. The Balaban J connectivity index is 0.000000887. The number of aromatic nitrogens is 3. The van der Waals surface area contributed by atoms with Gasteiger partial charge in [0.15, 0.2) is 5.82 Å². The summed E-state index contributed by atoms with van der Waals surface area (Å²) in [6, 6.07) is 6.45. The zero-order valence-corrected chi connectivity index (χ0v) is 17.3. The second-order valence-corrected chi connectivity index (χ2v) is 7.38. The lowest BCUT2D eigenvalue weighted by atomic mass is 10.1. The summed E-state index contributed by atoms with van der Waals surface area (Å²) < 4.78 is 37.9. The number of halogens is 3. The second-order valence-electron chi connectivity index (χ2n) is 7.38. The molecular weight excluding hydrogens is 427 g/mol. The Morgan fingerprint density at radius 1 is 1.28 bits per heavy atom. The van der Waals surface area contributed by atoms with E-state index >= 15 is 0 Å². The first kappa shape index (κ1) is 23.1. The first-order valence-corrected chi connectivity index (χ1v) is 10.0. The Kier molecular flexibility index (Phi) is 6.97. The molecular formula is C20H22F3N7O2. The number of aryl methyl sites for hydroxylation is 1. The van der Waals surface area contributed by atoms with Crippen molar-refractivity contribution in [2.45, 2.75) is 31.9 Å². The van der Waals surface area contributed by atoms with E-state index in [9.17, 15) is 22.8 Å². The average molecular weight is 449 g/mol. The van der Waals surface area contributed by atoms with Gasteiger partial charge in [-0.15, -0.1) is 0 Å². The van der Waals surface area contributed by atoms with Crippen molar-refractivity contribution >= 4 is 29.1 Å². The lowest BCUT2D eigenvalue weighted by molar-refractivity contribution is -0.123. The number of hydrogen-bond acceptors (Lipinski definition) is 6. The van der Waals surface area contributed by atoms with E-state index in [1.165, 1.54) is 43.5 Å². The summed E-state index contributed by atoms with van der Waals surface area (Å²) in [6.07, 6.45) is 1.89. The normalized spacial score (nSPS) is 17.3. The molecule has 1 atom stereocenters. The van der Waals surface area contributed by atoms with E-state index in [2.05, 4.69) is 15.4 Å². The van der Waals surface area contributed by atoms with Gasteiger partial charge in [0.1, 0.15) is 24.0 Å². The molecule has 170 valence electrons. The number of carbonyl (C=O) groups is 2. The molecule has 3 heterocycles. The number of anilines is 3. The summed E-state index contributed by atoms with van der Waals surface area (Å²) in [5.41, 5.74) is 0.476. The highest BCUT2D eigenvalue weighted by atomic mass is 19.4. The molecule has 0 bridgehead atoms. The van der Waals surface area contributed by atoms with Crippen LogP contribution in [0.4, 0.5) is 30.5 Å². The van der Waals surface area contributed by atoms with Gasteiger partial charge in [0.2, 0.25) is 5.91 Å². The number of carbonyl (C=O) groups excluding carboxylic acids is 2. The van der Waals surface area contributed by atoms with Crippen molar-refractivity contribution in [3.63, 3.8) is 0 Å². The van der Waals surface area contributed by atoms with Gasteiger partial charge in [-0.2, -0.15) is 23.5 Å². The number of nitrogens with one attached hydrogen (secondary N) is 2. The maximum atomic E-state index is 12.3. The number of pyridine rings is 1. The highest BCUT2D eigenvalue weighted by molar-refractivity contribution is 5.99. The van der Waals surface area contributed by atoms with Crippen molar-refractivity contribution < 1.29 is 22.8 Å². The van der Waals surface area contributed by atoms with Crippen molar-refractivity contribution in [3.05, 3.63) is 30.1 Å². The Hall–Kier alpha value is -3.62. The zero-order chi connectivity index (χ0) is 23.3. The number of rotatable bonds is 5. The van der Waals surface area contributed by atoms with Crippen molar-refractivity contribution in [2.75, 3.05) is 23.3 Å². The SMILES string of the molecule is C1CC1.Cn1nc(Nc2cc(N3CCC(C#N)C3=O)ccn2)cc1C(=O)NCC(F)(F)F. The Bertz CT molecular complexity index is 1020. The van der Waals surface area contributed by atoms with E-state index in [0.717, 1.165) is 4.68 Å². The summed E-state index contributed by atoms with van der Waals surface area (Å²) in [6.45, 7) is -1.04. The molecule has 0 aromatic carbocycles. The second kappa shape index (κ2) is 9.67. The van der Waals surface area contributed by atoms with E-state index < -0.39 is 24.5 Å². The number of alkyl halides is 3. The molecule has 12 heteroatoms. The third-order valence-corrected chi connectivity index (χ3v) is 4.59. The minimum atomic E-state index is -4.52. The van der Waals surface area contributed by atoms with Crippen LogP contribution < -0.4 is 15.5 Å². The third kappa shape index (κ3) is 6.19. The van der Waals surface area contributed by atoms with Crippen molar-refractivity contribution in [1.82, 2.24) is 20.1 Å². The average Bonchev–Trinajstić information content (AvgIpc) is 3.51. The fourth-order valence-corrected chi connectivity index (χ4v) is 2.85. The fraction of sp³-hybridized carbons (Fsp3) is 0.450. The highest BCUT2D eigenvalue weighted by Crippen LogP contribution is 2.27. The first-order chi connectivity index (χ1) is 15.2. The predicted octanol–water partition coefficient (Wildman–Crippen LogP) is 2.90. The molecule has 2 aromatic rings. The molecule has 0 radical (unpaired) electrons.